The van der Waals surface area contributed by atoms with Crippen LogP contribution in [0.15, 0.2) is 12.3 Å². The monoisotopic (exact) mass is 194 g/mol. The van der Waals surface area contributed by atoms with Gasteiger partial charge in [0.25, 0.3) is 0 Å². The molecule has 2 rings (SSSR count). The zero-order valence-electron chi connectivity index (χ0n) is 8.77. The van der Waals surface area contributed by atoms with E-state index in [0.29, 0.717) is 5.92 Å². The van der Waals surface area contributed by atoms with E-state index in [9.17, 15) is 0 Å². The molecule has 3 N–H and O–H groups in total. The predicted octanol–water partition coefficient (Wildman–Crippen LogP) is 1.06. The first-order chi connectivity index (χ1) is 6.77. The van der Waals surface area contributed by atoms with Crippen LogP contribution in [-0.4, -0.2) is 9.78 Å². The highest BCUT2D eigenvalue weighted by Crippen LogP contribution is 2.46. The molecule has 0 aromatic carbocycles. The van der Waals surface area contributed by atoms with Gasteiger partial charge < -0.3 is 0 Å². The summed E-state index contributed by atoms with van der Waals surface area (Å²) >= 11 is 0. The summed E-state index contributed by atoms with van der Waals surface area (Å²) in [5, 5.41) is 4.26. The normalized spacial score (nSPS) is 27.6. The van der Waals surface area contributed by atoms with Crippen LogP contribution in [0.3, 0.4) is 0 Å². The van der Waals surface area contributed by atoms with Crippen molar-refractivity contribution in [3.8, 4) is 0 Å². The van der Waals surface area contributed by atoms with Gasteiger partial charge in [-0.3, -0.25) is 16.0 Å². The van der Waals surface area contributed by atoms with Crippen LogP contribution in [0.1, 0.15) is 32.0 Å². The first-order valence-electron chi connectivity index (χ1n) is 5.25. The van der Waals surface area contributed by atoms with Crippen LogP contribution in [0.4, 0.5) is 0 Å². The van der Waals surface area contributed by atoms with E-state index in [0.717, 1.165) is 12.5 Å². The topological polar surface area (TPSA) is 55.9 Å². The van der Waals surface area contributed by atoms with E-state index in [1.165, 1.54) is 12.1 Å². The van der Waals surface area contributed by atoms with Gasteiger partial charge in [0.15, 0.2) is 0 Å². The average molecular weight is 194 g/mol. The lowest BCUT2D eigenvalue weighted by molar-refractivity contribution is 0.435. The molecule has 0 radical (unpaired) electrons. The Balaban J connectivity index is 2.18. The first kappa shape index (κ1) is 9.68. The third-order valence-corrected chi connectivity index (χ3v) is 3.15. The number of hydrazine groups is 1. The lowest BCUT2D eigenvalue weighted by Crippen LogP contribution is -2.31. The Bertz CT molecular complexity index is 307. The Labute approximate surface area is 84.4 Å². The molecule has 1 aromatic heterocycles. The van der Waals surface area contributed by atoms with Crippen LogP contribution in [0.5, 0.6) is 0 Å². The van der Waals surface area contributed by atoms with Gasteiger partial charge in [0.1, 0.15) is 0 Å². The minimum Gasteiger partial charge on any atom is -0.271 e. The Hall–Kier alpha value is -0.870. The molecule has 1 fully saturated rings. The van der Waals surface area contributed by atoms with Crippen molar-refractivity contribution < 1.29 is 0 Å². The summed E-state index contributed by atoms with van der Waals surface area (Å²) in [6.45, 7) is 5.27. The van der Waals surface area contributed by atoms with Crippen LogP contribution < -0.4 is 11.3 Å². The number of nitrogens with zero attached hydrogens (tertiary/aromatic N) is 2. The third kappa shape index (κ3) is 1.55. The lowest BCUT2D eigenvalue weighted by Gasteiger charge is -2.16. The summed E-state index contributed by atoms with van der Waals surface area (Å²) in [5.74, 6) is 7.07. The molecule has 14 heavy (non-hydrogen) atoms. The number of hydrogen-bond acceptors (Lipinski definition) is 3. The predicted molar refractivity (Wildman–Crippen MR) is 55.2 cm³/mol. The molecule has 1 aliphatic carbocycles. The van der Waals surface area contributed by atoms with Gasteiger partial charge >= 0.3 is 0 Å². The fourth-order valence-corrected chi connectivity index (χ4v) is 2.11. The Morgan fingerprint density at radius 3 is 3.00 bits per heavy atom. The van der Waals surface area contributed by atoms with E-state index in [4.69, 9.17) is 5.84 Å². The molecular formula is C10H18N4. The summed E-state index contributed by atoms with van der Waals surface area (Å²) in [7, 11) is 0. The summed E-state index contributed by atoms with van der Waals surface area (Å²) < 4.78 is 2.01. The van der Waals surface area contributed by atoms with Crippen LogP contribution in [0.2, 0.25) is 0 Å². The van der Waals surface area contributed by atoms with Crippen molar-refractivity contribution in [2.45, 2.75) is 32.9 Å². The van der Waals surface area contributed by atoms with Crippen LogP contribution in [0.25, 0.3) is 0 Å². The third-order valence-electron chi connectivity index (χ3n) is 3.15. The molecule has 0 aliphatic heterocycles. The maximum atomic E-state index is 5.60. The van der Waals surface area contributed by atoms with E-state index in [2.05, 4.69) is 30.4 Å². The maximum absolute atomic E-state index is 5.60. The highest BCUT2D eigenvalue weighted by atomic mass is 15.3. The summed E-state index contributed by atoms with van der Waals surface area (Å²) in [5.41, 5.74) is 4.12. The van der Waals surface area contributed by atoms with Gasteiger partial charge in [0.2, 0.25) is 0 Å². The van der Waals surface area contributed by atoms with Crippen LogP contribution in [0, 0.1) is 11.8 Å². The second-order valence-corrected chi connectivity index (χ2v) is 4.09. The molecule has 1 aliphatic rings. The molecule has 0 saturated heterocycles. The van der Waals surface area contributed by atoms with Gasteiger partial charge in [-0.15, -0.1) is 0 Å². The zero-order chi connectivity index (χ0) is 10.1. The minimum atomic E-state index is 0.271. The van der Waals surface area contributed by atoms with Crippen molar-refractivity contribution >= 4 is 0 Å². The van der Waals surface area contributed by atoms with Gasteiger partial charge in [-0.25, -0.2) is 0 Å². The van der Waals surface area contributed by atoms with E-state index in [1.807, 2.05) is 10.9 Å². The van der Waals surface area contributed by atoms with Gasteiger partial charge in [0, 0.05) is 12.7 Å². The van der Waals surface area contributed by atoms with E-state index in [1.54, 1.807) is 0 Å². The Kier molecular flexibility index (Phi) is 2.56. The SMILES string of the molecule is CCn1nccc1C(NN)C1CC1C. The minimum absolute atomic E-state index is 0.271. The number of nitrogens with one attached hydrogen (secondary N) is 1. The molecule has 0 bridgehead atoms. The van der Waals surface area contributed by atoms with E-state index >= 15 is 0 Å². The van der Waals surface area contributed by atoms with Crippen molar-refractivity contribution in [3.05, 3.63) is 18.0 Å². The molecule has 3 atom stereocenters. The number of aromatic nitrogens is 2. The smallest absolute Gasteiger partial charge is 0.0659 e. The van der Waals surface area contributed by atoms with E-state index in [-0.39, 0.29) is 6.04 Å². The van der Waals surface area contributed by atoms with Crippen molar-refractivity contribution in [1.29, 1.82) is 0 Å². The zero-order valence-corrected chi connectivity index (χ0v) is 8.77. The summed E-state index contributed by atoms with van der Waals surface area (Å²) in [4.78, 5) is 0. The average Bonchev–Trinajstić information content (AvgIpc) is 2.74. The highest BCUT2D eigenvalue weighted by Gasteiger charge is 2.40. The second-order valence-electron chi connectivity index (χ2n) is 4.09. The maximum Gasteiger partial charge on any atom is 0.0659 e. The van der Waals surface area contributed by atoms with Crippen molar-refractivity contribution in [1.82, 2.24) is 15.2 Å². The van der Waals surface area contributed by atoms with Crippen LogP contribution >= 0.6 is 0 Å². The second kappa shape index (κ2) is 3.71. The quantitative estimate of drug-likeness (QED) is 0.556. The fraction of sp³-hybridized carbons (Fsp3) is 0.700. The molecule has 1 aromatic rings. The van der Waals surface area contributed by atoms with Gasteiger partial charge in [0.05, 0.1) is 11.7 Å². The highest BCUT2D eigenvalue weighted by molar-refractivity contribution is 5.12. The molecule has 1 heterocycles. The first-order valence-corrected chi connectivity index (χ1v) is 5.25. The van der Waals surface area contributed by atoms with Crippen molar-refractivity contribution in [3.63, 3.8) is 0 Å². The van der Waals surface area contributed by atoms with Crippen molar-refractivity contribution in [2.75, 3.05) is 0 Å². The standard InChI is InChI=1S/C10H18N4/c1-3-14-9(4-5-12-14)10(13-11)8-6-7(8)2/h4-5,7-8,10,13H,3,6,11H2,1-2H3. The number of hydrogen-bond donors (Lipinski definition) is 2. The summed E-state index contributed by atoms with van der Waals surface area (Å²) in [6.07, 6.45) is 3.11. The molecule has 0 amide bonds. The number of nitrogens with two attached hydrogens (primary N) is 1. The van der Waals surface area contributed by atoms with Crippen LogP contribution in [-0.2, 0) is 6.54 Å². The molecular weight excluding hydrogens is 176 g/mol. The molecule has 4 heteroatoms. The largest absolute Gasteiger partial charge is 0.271 e. The molecule has 0 spiro atoms. The molecule has 78 valence electrons. The van der Waals surface area contributed by atoms with Gasteiger partial charge in [-0.1, -0.05) is 6.92 Å². The Morgan fingerprint density at radius 1 is 1.79 bits per heavy atom. The number of rotatable bonds is 4. The van der Waals surface area contributed by atoms with Gasteiger partial charge in [-0.2, -0.15) is 5.10 Å². The molecule has 1 saturated carbocycles. The Morgan fingerprint density at radius 2 is 2.50 bits per heavy atom. The van der Waals surface area contributed by atoms with E-state index < -0.39 is 0 Å². The fourth-order valence-electron chi connectivity index (χ4n) is 2.11. The lowest BCUT2D eigenvalue weighted by atomic mass is 10.1. The molecule has 3 unspecified atom stereocenters. The molecule has 4 nitrogen and oxygen atoms in total. The summed E-state index contributed by atoms with van der Waals surface area (Å²) in [6, 6.07) is 2.33. The number of aryl methyl sites for hydroxylation is 1. The van der Waals surface area contributed by atoms with Crippen molar-refractivity contribution in [2.24, 2.45) is 17.7 Å². The van der Waals surface area contributed by atoms with Gasteiger partial charge in [-0.05, 0) is 31.2 Å².